The van der Waals surface area contributed by atoms with E-state index >= 15 is 0 Å². The van der Waals surface area contributed by atoms with Crippen molar-refractivity contribution >= 4 is 28.2 Å². The first-order chi connectivity index (χ1) is 11.2. The molecule has 1 aliphatic carbocycles. The predicted octanol–water partition coefficient (Wildman–Crippen LogP) is 3.03. The van der Waals surface area contributed by atoms with Gasteiger partial charge in [-0.05, 0) is 37.0 Å². The van der Waals surface area contributed by atoms with E-state index in [9.17, 15) is 4.21 Å². The first-order valence-electron chi connectivity index (χ1n) is 7.84. The van der Waals surface area contributed by atoms with Crippen LogP contribution in [0.2, 0.25) is 0 Å². The molecule has 3 atom stereocenters. The average Bonchev–Trinajstić information content (AvgIpc) is 3.24. The molecule has 7 heteroatoms. The first-order valence-corrected chi connectivity index (χ1v) is 9.16. The minimum absolute atomic E-state index is 0.364. The van der Waals surface area contributed by atoms with Gasteiger partial charge in [0.1, 0.15) is 11.0 Å². The van der Waals surface area contributed by atoms with Crippen LogP contribution in [-0.2, 0) is 21.5 Å². The van der Waals surface area contributed by atoms with E-state index in [2.05, 4.69) is 26.3 Å². The zero-order valence-electron chi connectivity index (χ0n) is 13.0. The molecule has 0 spiro atoms. The van der Waals surface area contributed by atoms with Gasteiger partial charge in [-0.1, -0.05) is 6.07 Å². The molecule has 122 valence electrons. The maximum Gasteiger partial charge on any atom is 0.152 e. The Hall–Kier alpha value is -1.86. The third kappa shape index (κ3) is 2.98. The standard InChI is InChI=1S/C16H20N4O2S/c1-22-13-5-3-10(6-13)14-8-16(19-18-14)17-12-4-2-11-9-23(21)20-15(11)7-12/h2,4,7-8,10,13,20H,3,5-6,9H2,1H3,(H2,17,18,19). The van der Waals surface area contributed by atoms with Gasteiger partial charge in [0, 0.05) is 30.5 Å². The fourth-order valence-electron chi connectivity index (χ4n) is 3.37. The van der Waals surface area contributed by atoms with Crippen molar-refractivity contribution in [3.63, 3.8) is 0 Å². The highest BCUT2D eigenvalue weighted by atomic mass is 32.2. The van der Waals surface area contributed by atoms with Crippen LogP contribution in [0.4, 0.5) is 17.2 Å². The number of nitrogens with one attached hydrogen (secondary N) is 3. The van der Waals surface area contributed by atoms with Crippen LogP contribution in [0, 0.1) is 0 Å². The number of rotatable bonds is 4. The number of aromatic amines is 1. The number of hydrogen-bond donors (Lipinski definition) is 3. The first kappa shape index (κ1) is 14.7. The Morgan fingerprint density at radius 1 is 1.35 bits per heavy atom. The summed E-state index contributed by atoms with van der Waals surface area (Å²) >= 11 is 0. The molecule has 1 aromatic heterocycles. The van der Waals surface area contributed by atoms with Gasteiger partial charge in [0.2, 0.25) is 0 Å². The summed E-state index contributed by atoms with van der Waals surface area (Å²) in [6.07, 6.45) is 3.65. The molecule has 6 nitrogen and oxygen atoms in total. The van der Waals surface area contributed by atoms with Gasteiger partial charge in [-0.15, -0.1) is 0 Å². The molecule has 0 amide bonds. The Bertz CT molecular complexity index is 745. The fourth-order valence-corrected chi connectivity index (χ4v) is 4.41. The minimum Gasteiger partial charge on any atom is -0.381 e. The summed E-state index contributed by atoms with van der Waals surface area (Å²) in [6, 6.07) is 8.05. The molecule has 0 saturated heterocycles. The highest BCUT2D eigenvalue weighted by molar-refractivity contribution is 7.86. The second-order valence-corrected chi connectivity index (χ2v) is 7.35. The summed E-state index contributed by atoms with van der Waals surface area (Å²) in [7, 11) is 0.792. The second-order valence-electron chi connectivity index (χ2n) is 6.17. The molecule has 4 rings (SSSR count). The number of benzene rings is 1. The van der Waals surface area contributed by atoms with Crippen LogP contribution in [0.3, 0.4) is 0 Å². The topological polar surface area (TPSA) is 79.0 Å². The number of nitrogens with zero attached hydrogens (tertiary/aromatic N) is 1. The lowest BCUT2D eigenvalue weighted by molar-refractivity contribution is 0.108. The van der Waals surface area contributed by atoms with E-state index in [-0.39, 0.29) is 0 Å². The maximum atomic E-state index is 11.5. The zero-order chi connectivity index (χ0) is 15.8. The Kier molecular flexibility index (Phi) is 3.82. The Balaban J connectivity index is 1.46. The summed E-state index contributed by atoms with van der Waals surface area (Å²) in [4.78, 5) is 0. The van der Waals surface area contributed by atoms with E-state index in [1.807, 2.05) is 18.2 Å². The van der Waals surface area contributed by atoms with E-state index in [1.54, 1.807) is 7.11 Å². The molecule has 1 aromatic carbocycles. The van der Waals surface area contributed by atoms with Crippen molar-refractivity contribution in [2.75, 3.05) is 17.1 Å². The Morgan fingerprint density at radius 3 is 3.09 bits per heavy atom. The molecule has 1 fully saturated rings. The van der Waals surface area contributed by atoms with Crippen molar-refractivity contribution in [2.45, 2.75) is 37.0 Å². The van der Waals surface area contributed by atoms with E-state index in [0.29, 0.717) is 17.8 Å². The van der Waals surface area contributed by atoms with Gasteiger partial charge >= 0.3 is 0 Å². The quantitative estimate of drug-likeness (QED) is 0.804. The van der Waals surface area contributed by atoms with Gasteiger partial charge in [-0.2, -0.15) is 5.10 Å². The van der Waals surface area contributed by atoms with Crippen molar-refractivity contribution in [3.05, 3.63) is 35.5 Å². The lowest BCUT2D eigenvalue weighted by Gasteiger charge is -2.07. The largest absolute Gasteiger partial charge is 0.381 e. The molecule has 23 heavy (non-hydrogen) atoms. The van der Waals surface area contributed by atoms with Gasteiger partial charge < -0.3 is 14.8 Å². The Morgan fingerprint density at radius 2 is 2.26 bits per heavy atom. The molecular weight excluding hydrogens is 312 g/mol. The van der Waals surface area contributed by atoms with Crippen LogP contribution in [0.1, 0.15) is 36.4 Å². The average molecular weight is 332 g/mol. The smallest absolute Gasteiger partial charge is 0.152 e. The van der Waals surface area contributed by atoms with E-state index in [4.69, 9.17) is 4.74 Å². The van der Waals surface area contributed by atoms with Crippen molar-refractivity contribution < 1.29 is 8.95 Å². The summed E-state index contributed by atoms with van der Waals surface area (Å²) in [5.41, 5.74) is 4.12. The van der Waals surface area contributed by atoms with Gasteiger partial charge in [0.05, 0.1) is 17.5 Å². The number of H-pyrrole nitrogens is 1. The van der Waals surface area contributed by atoms with Gasteiger partial charge in [0.25, 0.3) is 0 Å². The molecule has 2 aromatic rings. The van der Waals surface area contributed by atoms with Crippen LogP contribution in [0.5, 0.6) is 0 Å². The molecule has 0 bridgehead atoms. The van der Waals surface area contributed by atoms with Crippen molar-refractivity contribution in [2.24, 2.45) is 0 Å². The number of aromatic nitrogens is 2. The van der Waals surface area contributed by atoms with Crippen LogP contribution in [0.25, 0.3) is 0 Å². The second kappa shape index (κ2) is 5.98. The molecule has 1 aliphatic heterocycles. The molecule has 1 saturated carbocycles. The predicted molar refractivity (Wildman–Crippen MR) is 91.2 cm³/mol. The SMILES string of the molecule is COC1CCC(c2cc(Nc3ccc4c(c3)NS(=O)C4)n[nH]2)C1. The lowest BCUT2D eigenvalue weighted by atomic mass is 10.0. The van der Waals surface area contributed by atoms with Crippen molar-refractivity contribution in [1.82, 2.24) is 10.2 Å². The summed E-state index contributed by atoms with van der Waals surface area (Å²) in [5, 5.41) is 10.8. The normalized spacial score (nSPS) is 26.0. The molecule has 0 radical (unpaired) electrons. The number of ether oxygens (including phenoxy) is 1. The maximum absolute atomic E-state index is 11.5. The van der Waals surface area contributed by atoms with Crippen LogP contribution in [0.15, 0.2) is 24.3 Å². The van der Waals surface area contributed by atoms with Crippen LogP contribution < -0.4 is 10.0 Å². The highest BCUT2D eigenvalue weighted by Crippen LogP contribution is 2.36. The molecule has 3 unspecified atom stereocenters. The minimum atomic E-state index is -0.988. The summed E-state index contributed by atoms with van der Waals surface area (Å²) < 4.78 is 19.9. The van der Waals surface area contributed by atoms with Crippen LogP contribution in [-0.4, -0.2) is 27.6 Å². The van der Waals surface area contributed by atoms with E-state index in [1.165, 1.54) is 0 Å². The van der Waals surface area contributed by atoms with Gasteiger partial charge in [0.15, 0.2) is 5.82 Å². The molecular formula is C16H20N4O2S. The third-order valence-electron chi connectivity index (χ3n) is 4.65. The molecule has 2 heterocycles. The molecule has 2 aliphatic rings. The van der Waals surface area contributed by atoms with Crippen molar-refractivity contribution in [3.8, 4) is 0 Å². The molecule has 3 N–H and O–H groups in total. The Labute approximate surface area is 137 Å². The van der Waals surface area contributed by atoms with Gasteiger partial charge in [-0.3, -0.25) is 5.10 Å². The monoisotopic (exact) mass is 332 g/mol. The van der Waals surface area contributed by atoms with Gasteiger partial charge in [-0.25, -0.2) is 4.21 Å². The fraction of sp³-hybridized carbons (Fsp3) is 0.438. The van der Waals surface area contributed by atoms with Crippen LogP contribution >= 0.6 is 0 Å². The zero-order valence-corrected chi connectivity index (χ0v) is 13.8. The third-order valence-corrected chi connectivity index (χ3v) is 5.67. The highest BCUT2D eigenvalue weighted by Gasteiger charge is 2.27. The van der Waals surface area contributed by atoms with E-state index in [0.717, 1.165) is 47.7 Å². The summed E-state index contributed by atoms with van der Waals surface area (Å²) in [6.45, 7) is 0. The van der Waals surface area contributed by atoms with E-state index < -0.39 is 11.0 Å². The number of hydrogen-bond acceptors (Lipinski definition) is 4. The number of fused-ring (bicyclic) bond motifs is 1. The van der Waals surface area contributed by atoms with Crippen molar-refractivity contribution in [1.29, 1.82) is 0 Å². The number of anilines is 3. The number of methoxy groups -OCH3 is 1. The lowest BCUT2D eigenvalue weighted by Crippen LogP contribution is -2.04. The summed E-state index contributed by atoms with van der Waals surface area (Å²) in [5.74, 6) is 1.87.